The number of hydrogen-bond donors (Lipinski definition) is 1. The lowest BCUT2D eigenvalue weighted by Gasteiger charge is -2.30. The number of ketones is 1. The molecule has 1 aromatic rings. The molecule has 0 aliphatic heterocycles. The minimum atomic E-state index is 0.00852. The van der Waals surface area contributed by atoms with Crippen LogP contribution in [0.5, 0.6) is 0 Å². The van der Waals surface area contributed by atoms with Crippen LogP contribution in [-0.4, -0.2) is 32.0 Å². The molecule has 6 heteroatoms. The summed E-state index contributed by atoms with van der Waals surface area (Å²) in [6, 6.07) is 0.176. The standard InChI is InChI=1S/C7H11N5O/c1-12-7(9-10-11-12)6(13)4-2-5(8)3-4/h4-5H,2-3,8H2,1H3. The van der Waals surface area contributed by atoms with Gasteiger partial charge in [-0.3, -0.25) is 4.79 Å². The fraction of sp³-hybridized carbons (Fsp3) is 0.714. The van der Waals surface area contributed by atoms with Crippen molar-refractivity contribution in [2.45, 2.75) is 18.9 Å². The molecule has 70 valence electrons. The van der Waals surface area contributed by atoms with Crippen molar-refractivity contribution in [2.24, 2.45) is 18.7 Å². The number of carbonyl (C=O) groups is 1. The number of carbonyl (C=O) groups excluding carboxylic acids is 1. The van der Waals surface area contributed by atoms with Gasteiger partial charge in [0.2, 0.25) is 11.6 Å². The SMILES string of the molecule is Cn1nnnc1C(=O)C1CC(N)C1. The van der Waals surface area contributed by atoms with E-state index in [0.29, 0.717) is 5.82 Å². The topological polar surface area (TPSA) is 86.7 Å². The highest BCUT2D eigenvalue weighted by Gasteiger charge is 2.34. The van der Waals surface area contributed by atoms with Gasteiger partial charge in [0, 0.05) is 19.0 Å². The van der Waals surface area contributed by atoms with E-state index in [2.05, 4.69) is 15.5 Å². The Hall–Kier alpha value is -1.30. The molecule has 2 rings (SSSR count). The Morgan fingerprint density at radius 2 is 2.31 bits per heavy atom. The van der Waals surface area contributed by atoms with E-state index in [4.69, 9.17) is 5.73 Å². The van der Waals surface area contributed by atoms with Crippen molar-refractivity contribution in [3.05, 3.63) is 5.82 Å². The number of tetrazole rings is 1. The summed E-state index contributed by atoms with van der Waals surface area (Å²) in [4.78, 5) is 11.6. The maximum atomic E-state index is 11.6. The largest absolute Gasteiger partial charge is 0.328 e. The minimum Gasteiger partial charge on any atom is -0.328 e. The summed E-state index contributed by atoms with van der Waals surface area (Å²) in [6.07, 6.45) is 1.51. The number of hydrogen-bond acceptors (Lipinski definition) is 5. The molecule has 1 aliphatic rings. The minimum absolute atomic E-state index is 0.00852. The maximum Gasteiger partial charge on any atom is 0.218 e. The lowest BCUT2D eigenvalue weighted by molar-refractivity contribution is 0.0816. The summed E-state index contributed by atoms with van der Waals surface area (Å²) >= 11 is 0. The summed E-state index contributed by atoms with van der Waals surface area (Å²) in [7, 11) is 1.66. The van der Waals surface area contributed by atoms with E-state index in [1.54, 1.807) is 7.05 Å². The first-order chi connectivity index (χ1) is 6.18. The van der Waals surface area contributed by atoms with E-state index in [0.717, 1.165) is 12.8 Å². The monoisotopic (exact) mass is 181 g/mol. The third kappa shape index (κ3) is 1.33. The van der Waals surface area contributed by atoms with Gasteiger partial charge < -0.3 is 5.73 Å². The summed E-state index contributed by atoms with van der Waals surface area (Å²) in [5.74, 6) is 0.366. The highest BCUT2D eigenvalue weighted by atomic mass is 16.1. The molecule has 0 radical (unpaired) electrons. The Balaban J connectivity index is 2.10. The Morgan fingerprint density at radius 3 is 2.77 bits per heavy atom. The van der Waals surface area contributed by atoms with Crippen LogP contribution >= 0.6 is 0 Å². The zero-order valence-electron chi connectivity index (χ0n) is 7.34. The third-order valence-corrected chi connectivity index (χ3v) is 2.39. The van der Waals surface area contributed by atoms with Gasteiger partial charge in [-0.2, -0.15) is 0 Å². The van der Waals surface area contributed by atoms with E-state index in [-0.39, 0.29) is 17.7 Å². The van der Waals surface area contributed by atoms with Gasteiger partial charge in [-0.05, 0) is 23.3 Å². The molecule has 13 heavy (non-hydrogen) atoms. The Morgan fingerprint density at radius 1 is 1.62 bits per heavy atom. The molecule has 0 atom stereocenters. The average Bonchev–Trinajstić information content (AvgIpc) is 2.44. The number of aryl methyl sites for hydroxylation is 1. The van der Waals surface area contributed by atoms with Crippen LogP contribution in [0.25, 0.3) is 0 Å². The van der Waals surface area contributed by atoms with Gasteiger partial charge in [-0.15, -0.1) is 5.10 Å². The molecule has 1 aromatic heterocycles. The predicted molar refractivity (Wildman–Crippen MR) is 43.8 cm³/mol. The molecule has 0 aromatic carbocycles. The molecule has 0 unspecified atom stereocenters. The molecular formula is C7H11N5O. The summed E-state index contributed by atoms with van der Waals surface area (Å²) < 4.78 is 1.40. The Bertz CT molecular complexity index is 327. The van der Waals surface area contributed by atoms with Gasteiger partial charge >= 0.3 is 0 Å². The van der Waals surface area contributed by atoms with Gasteiger partial charge in [0.25, 0.3) is 0 Å². The van der Waals surface area contributed by atoms with Crippen LogP contribution in [0.2, 0.25) is 0 Å². The van der Waals surface area contributed by atoms with Crippen LogP contribution < -0.4 is 5.73 Å². The maximum absolute atomic E-state index is 11.6. The molecule has 0 amide bonds. The van der Waals surface area contributed by atoms with Crippen molar-refractivity contribution in [3.8, 4) is 0 Å². The molecule has 0 bridgehead atoms. The van der Waals surface area contributed by atoms with Crippen molar-refractivity contribution >= 4 is 5.78 Å². The Kier molecular flexibility index (Phi) is 1.84. The highest BCUT2D eigenvalue weighted by Crippen LogP contribution is 2.28. The molecule has 2 N–H and O–H groups in total. The highest BCUT2D eigenvalue weighted by molar-refractivity contribution is 5.95. The van der Waals surface area contributed by atoms with E-state index in [9.17, 15) is 4.79 Å². The molecule has 1 heterocycles. The number of nitrogens with zero attached hydrogens (tertiary/aromatic N) is 4. The van der Waals surface area contributed by atoms with Crippen molar-refractivity contribution in [1.82, 2.24) is 20.2 Å². The first-order valence-corrected chi connectivity index (χ1v) is 4.20. The van der Waals surface area contributed by atoms with E-state index in [1.165, 1.54) is 4.68 Å². The second-order valence-electron chi connectivity index (χ2n) is 3.42. The van der Waals surface area contributed by atoms with Gasteiger partial charge in [-0.25, -0.2) is 4.68 Å². The average molecular weight is 181 g/mol. The first-order valence-electron chi connectivity index (χ1n) is 4.20. The second kappa shape index (κ2) is 2.88. The van der Waals surface area contributed by atoms with Gasteiger partial charge in [0.15, 0.2) is 0 Å². The fourth-order valence-corrected chi connectivity index (χ4v) is 1.50. The summed E-state index contributed by atoms with van der Waals surface area (Å²) in [5.41, 5.74) is 5.59. The molecular weight excluding hydrogens is 170 g/mol. The van der Waals surface area contributed by atoms with E-state index >= 15 is 0 Å². The smallest absolute Gasteiger partial charge is 0.218 e. The van der Waals surface area contributed by atoms with Crippen LogP contribution in [0, 0.1) is 5.92 Å². The van der Waals surface area contributed by atoms with Gasteiger partial charge in [0.05, 0.1) is 0 Å². The van der Waals surface area contributed by atoms with Crippen LogP contribution in [0.1, 0.15) is 23.5 Å². The summed E-state index contributed by atoms with van der Waals surface area (Å²) in [6.45, 7) is 0. The quantitative estimate of drug-likeness (QED) is 0.599. The lowest BCUT2D eigenvalue weighted by Crippen LogP contribution is -2.41. The molecule has 0 spiro atoms. The van der Waals surface area contributed by atoms with Crippen LogP contribution in [0.3, 0.4) is 0 Å². The number of rotatable bonds is 2. The zero-order valence-corrected chi connectivity index (χ0v) is 7.34. The third-order valence-electron chi connectivity index (χ3n) is 2.39. The van der Waals surface area contributed by atoms with Crippen molar-refractivity contribution in [2.75, 3.05) is 0 Å². The zero-order chi connectivity index (χ0) is 9.42. The molecule has 1 saturated carbocycles. The number of nitrogens with two attached hydrogens (primary N) is 1. The lowest BCUT2D eigenvalue weighted by atomic mass is 9.78. The predicted octanol–water partition coefficient (Wildman–Crippen LogP) is -0.870. The van der Waals surface area contributed by atoms with Crippen LogP contribution in [-0.2, 0) is 7.05 Å². The molecule has 1 fully saturated rings. The second-order valence-corrected chi connectivity index (χ2v) is 3.42. The van der Waals surface area contributed by atoms with E-state index in [1.807, 2.05) is 0 Å². The normalized spacial score (nSPS) is 26.9. The summed E-state index contributed by atoms with van der Waals surface area (Å²) in [5, 5.41) is 10.7. The van der Waals surface area contributed by atoms with Crippen molar-refractivity contribution in [3.63, 3.8) is 0 Å². The van der Waals surface area contributed by atoms with Gasteiger partial charge in [-0.1, -0.05) is 0 Å². The molecule has 0 saturated heterocycles. The first kappa shape index (κ1) is 8.31. The molecule has 1 aliphatic carbocycles. The number of aromatic nitrogens is 4. The number of Topliss-reactive ketones (excluding diaryl/α,β-unsaturated/α-hetero) is 1. The van der Waals surface area contributed by atoms with Gasteiger partial charge in [0.1, 0.15) is 0 Å². The van der Waals surface area contributed by atoms with Crippen LogP contribution in [0.4, 0.5) is 0 Å². The molecule has 6 nitrogen and oxygen atoms in total. The van der Waals surface area contributed by atoms with Crippen molar-refractivity contribution < 1.29 is 4.79 Å². The Labute approximate surface area is 75.1 Å². The van der Waals surface area contributed by atoms with E-state index < -0.39 is 0 Å². The fourth-order valence-electron chi connectivity index (χ4n) is 1.50. The van der Waals surface area contributed by atoms with Crippen molar-refractivity contribution in [1.29, 1.82) is 0 Å². The van der Waals surface area contributed by atoms with Crippen LogP contribution in [0.15, 0.2) is 0 Å².